The van der Waals surface area contributed by atoms with E-state index < -0.39 is 0 Å². The van der Waals surface area contributed by atoms with Crippen LogP contribution in [-0.4, -0.2) is 11.1 Å². The van der Waals surface area contributed by atoms with Gasteiger partial charge in [0.15, 0.2) is 0 Å². The Kier molecular flexibility index (Phi) is 1.81. The fraction of sp³-hybridized carbons (Fsp3) is 1.00. The van der Waals surface area contributed by atoms with Gasteiger partial charge in [0.2, 0.25) is 0 Å². The van der Waals surface area contributed by atoms with Crippen molar-refractivity contribution in [3.8, 4) is 0 Å². The molecule has 0 aromatic rings. The molecule has 0 aromatic carbocycles. The molecular weight excluding hydrogens is 138 g/mol. The zero-order valence-corrected chi connectivity index (χ0v) is 8.19. The van der Waals surface area contributed by atoms with Crippen molar-refractivity contribution in [2.24, 2.45) is 5.92 Å². The van der Waals surface area contributed by atoms with Crippen LogP contribution in [0.4, 0.5) is 0 Å². The van der Waals surface area contributed by atoms with Crippen molar-refractivity contribution < 1.29 is 5.06 Å². The van der Waals surface area contributed by atoms with Crippen molar-refractivity contribution in [1.82, 2.24) is 0 Å². The lowest BCUT2D eigenvalue weighted by Gasteiger charge is -2.41. The van der Waals surface area contributed by atoms with E-state index in [0.717, 1.165) is 6.42 Å². The van der Waals surface area contributed by atoms with E-state index in [2.05, 4.69) is 34.6 Å². The van der Waals surface area contributed by atoms with E-state index in [4.69, 9.17) is 0 Å². The van der Waals surface area contributed by atoms with Gasteiger partial charge in [-0.05, 0) is 27.7 Å². The standard InChI is InChI=1S/C9H19NO/c1-7-6-8(2,3)10(11)9(7,4)5/h7,10H,6H2,1-5H3. The second-order valence-electron chi connectivity index (χ2n) is 5.04. The van der Waals surface area contributed by atoms with Gasteiger partial charge in [0.25, 0.3) is 0 Å². The molecule has 0 spiro atoms. The summed E-state index contributed by atoms with van der Waals surface area (Å²) in [7, 11) is 0. The molecule has 66 valence electrons. The van der Waals surface area contributed by atoms with Crippen LogP contribution in [0.1, 0.15) is 41.0 Å². The molecule has 1 heterocycles. The average Bonchev–Trinajstić information content (AvgIpc) is 1.94. The fourth-order valence-corrected chi connectivity index (χ4v) is 2.21. The Balaban J connectivity index is 2.89. The van der Waals surface area contributed by atoms with Crippen molar-refractivity contribution in [3.63, 3.8) is 0 Å². The van der Waals surface area contributed by atoms with Crippen LogP contribution in [0.5, 0.6) is 0 Å². The van der Waals surface area contributed by atoms with Crippen molar-refractivity contribution in [1.29, 1.82) is 0 Å². The molecule has 0 saturated carbocycles. The van der Waals surface area contributed by atoms with Gasteiger partial charge in [0, 0.05) is 12.3 Å². The van der Waals surface area contributed by atoms with E-state index in [1.165, 1.54) is 0 Å². The average molecular weight is 157 g/mol. The SMILES string of the molecule is CC1CC(C)(C)[NH+]([O-])C1(C)C. The first-order valence-electron chi connectivity index (χ1n) is 4.33. The number of hydrogen-bond acceptors (Lipinski definition) is 1. The minimum absolute atomic E-state index is 0.0804. The highest BCUT2D eigenvalue weighted by Gasteiger charge is 2.49. The van der Waals surface area contributed by atoms with Gasteiger partial charge in [0.05, 0.1) is 11.1 Å². The Morgan fingerprint density at radius 1 is 1.27 bits per heavy atom. The highest BCUT2D eigenvalue weighted by Crippen LogP contribution is 2.29. The van der Waals surface area contributed by atoms with E-state index in [1.54, 1.807) is 0 Å². The molecule has 1 aliphatic rings. The van der Waals surface area contributed by atoms with E-state index >= 15 is 0 Å². The molecule has 0 radical (unpaired) electrons. The summed E-state index contributed by atoms with van der Waals surface area (Å²) in [5.41, 5.74) is -0.174. The maximum atomic E-state index is 11.8. The van der Waals surface area contributed by atoms with Gasteiger partial charge >= 0.3 is 0 Å². The van der Waals surface area contributed by atoms with Crippen LogP contribution >= 0.6 is 0 Å². The first-order valence-corrected chi connectivity index (χ1v) is 4.33. The van der Waals surface area contributed by atoms with Gasteiger partial charge in [-0.3, -0.25) is 0 Å². The normalized spacial score (nSPS) is 40.9. The van der Waals surface area contributed by atoms with Gasteiger partial charge in [-0.15, -0.1) is 0 Å². The molecule has 0 aliphatic carbocycles. The molecule has 0 amide bonds. The van der Waals surface area contributed by atoms with E-state index in [-0.39, 0.29) is 11.1 Å². The highest BCUT2D eigenvalue weighted by molar-refractivity contribution is 4.89. The van der Waals surface area contributed by atoms with Gasteiger partial charge in [-0.2, -0.15) is 0 Å². The molecule has 0 bridgehead atoms. The van der Waals surface area contributed by atoms with Gasteiger partial charge in [-0.1, -0.05) is 6.92 Å². The second-order valence-corrected chi connectivity index (χ2v) is 5.04. The first kappa shape index (κ1) is 9.01. The van der Waals surface area contributed by atoms with Crippen LogP contribution in [0.15, 0.2) is 0 Å². The van der Waals surface area contributed by atoms with Crippen LogP contribution in [0.2, 0.25) is 0 Å². The number of nitrogens with one attached hydrogen (secondary N) is 1. The molecule has 1 saturated heterocycles. The largest absolute Gasteiger partial charge is 0.634 e. The molecule has 2 nitrogen and oxygen atoms in total. The third-order valence-electron chi connectivity index (χ3n) is 3.25. The minimum Gasteiger partial charge on any atom is -0.634 e. The predicted octanol–water partition coefficient (Wildman–Crippen LogP) is 0.966. The van der Waals surface area contributed by atoms with Crippen molar-refractivity contribution in [3.05, 3.63) is 5.21 Å². The summed E-state index contributed by atoms with van der Waals surface area (Å²) in [5, 5.41) is 12.2. The third kappa shape index (κ3) is 1.18. The second kappa shape index (κ2) is 2.20. The lowest BCUT2D eigenvalue weighted by Crippen LogP contribution is -3.19. The molecule has 2 atom stereocenters. The molecule has 1 rings (SSSR count). The Hall–Kier alpha value is -0.0800. The molecule has 1 fully saturated rings. The number of quaternary nitrogens is 1. The summed E-state index contributed by atoms with van der Waals surface area (Å²) in [6, 6.07) is 0. The summed E-state index contributed by atoms with van der Waals surface area (Å²) in [6.07, 6.45) is 1.04. The van der Waals surface area contributed by atoms with Crippen LogP contribution in [-0.2, 0) is 0 Å². The maximum Gasteiger partial charge on any atom is 0.0949 e. The highest BCUT2D eigenvalue weighted by atomic mass is 16.5. The number of rotatable bonds is 0. The summed E-state index contributed by atoms with van der Waals surface area (Å²) < 4.78 is 0. The Labute approximate surface area is 69.2 Å². The van der Waals surface area contributed by atoms with E-state index in [0.29, 0.717) is 11.0 Å². The zero-order valence-electron chi connectivity index (χ0n) is 8.19. The lowest BCUT2D eigenvalue weighted by atomic mass is 9.89. The predicted molar refractivity (Wildman–Crippen MR) is 46.3 cm³/mol. The summed E-state index contributed by atoms with van der Waals surface area (Å²) in [6.45, 7) is 10.4. The Bertz CT molecular complexity index is 163. The van der Waals surface area contributed by atoms with Crippen LogP contribution in [0.25, 0.3) is 0 Å². The third-order valence-corrected chi connectivity index (χ3v) is 3.25. The Morgan fingerprint density at radius 3 is 1.82 bits per heavy atom. The Morgan fingerprint density at radius 2 is 1.73 bits per heavy atom. The van der Waals surface area contributed by atoms with E-state index in [9.17, 15) is 5.21 Å². The van der Waals surface area contributed by atoms with Crippen LogP contribution < -0.4 is 5.06 Å². The molecule has 2 heteroatoms. The lowest BCUT2D eigenvalue weighted by molar-refractivity contribution is -0.934. The molecule has 0 aromatic heterocycles. The van der Waals surface area contributed by atoms with Crippen molar-refractivity contribution in [2.75, 3.05) is 0 Å². The first-order chi connectivity index (χ1) is 4.78. The van der Waals surface area contributed by atoms with Crippen molar-refractivity contribution >= 4 is 0 Å². The quantitative estimate of drug-likeness (QED) is 0.521. The van der Waals surface area contributed by atoms with Gasteiger partial charge in [-0.25, -0.2) is 0 Å². The van der Waals surface area contributed by atoms with E-state index in [1.807, 2.05) is 0 Å². The molecule has 1 aliphatic heterocycles. The molecule has 11 heavy (non-hydrogen) atoms. The minimum atomic E-state index is -0.0938. The maximum absolute atomic E-state index is 11.8. The molecule has 2 unspecified atom stereocenters. The van der Waals surface area contributed by atoms with Gasteiger partial charge < -0.3 is 10.3 Å². The molecule has 1 N–H and O–H groups in total. The van der Waals surface area contributed by atoms with Crippen molar-refractivity contribution in [2.45, 2.75) is 52.1 Å². The monoisotopic (exact) mass is 157 g/mol. The summed E-state index contributed by atoms with van der Waals surface area (Å²) in [5.74, 6) is 0.532. The van der Waals surface area contributed by atoms with Crippen LogP contribution in [0.3, 0.4) is 0 Å². The summed E-state index contributed by atoms with van der Waals surface area (Å²) in [4.78, 5) is 0. The topological polar surface area (TPSA) is 27.5 Å². The smallest absolute Gasteiger partial charge is 0.0949 e. The van der Waals surface area contributed by atoms with Gasteiger partial charge in [0.1, 0.15) is 0 Å². The molecular formula is C9H19NO. The zero-order chi connectivity index (χ0) is 8.86. The number of hydrogen-bond donors (Lipinski definition) is 1. The fourth-order valence-electron chi connectivity index (χ4n) is 2.21. The summed E-state index contributed by atoms with van der Waals surface area (Å²) >= 11 is 0. The van der Waals surface area contributed by atoms with Crippen LogP contribution in [0, 0.1) is 11.1 Å². The number of hydroxylamine groups is 2.